The number of unbranched alkanes of at least 4 members (excludes halogenated alkanes) is 2. The zero-order valence-corrected chi connectivity index (χ0v) is 25.5. The van der Waals surface area contributed by atoms with E-state index in [1.54, 1.807) is 36.4 Å². The van der Waals surface area contributed by atoms with Crippen molar-refractivity contribution in [3.63, 3.8) is 0 Å². The van der Waals surface area contributed by atoms with Crippen LogP contribution >= 0.6 is 0 Å². The van der Waals surface area contributed by atoms with Gasteiger partial charge in [-0.2, -0.15) is 8.78 Å². The molecule has 3 nitrogen and oxygen atoms in total. The van der Waals surface area contributed by atoms with E-state index in [-0.39, 0.29) is 31.6 Å². The lowest BCUT2D eigenvalue weighted by molar-refractivity contribution is -0.222. The summed E-state index contributed by atoms with van der Waals surface area (Å²) in [6.45, 7) is 3.30. The van der Waals surface area contributed by atoms with E-state index in [1.807, 2.05) is 0 Å². The van der Waals surface area contributed by atoms with Crippen LogP contribution in [-0.2, 0) is 9.47 Å². The standard InChI is InChI=1S/C36H37F7O3/c1-2-3-4-5-23-20-44-35(45-21-23)26-10-9-25(30(37)17-26)8-6-22-7-15-29(31(38)16-22)24-11-13-27(14-12-24)36(42,43)46-28-18-32(39)34(41)33(40)19-28/h6-10,15-19,23-24,27,35H,2-5,11-14,20-21H2,1H3. The SMILES string of the molecule is CCCCCC1COC(c2ccc(C=Cc3ccc(C4CCC(C(F)(F)Oc5cc(F)c(F)c(F)c5)CC4)c(F)c3)c(F)c2)OC1. The van der Waals surface area contributed by atoms with E-state index in [1.165, 1.54) is 18.6 Å². The van der Waals surface area contributed by atoms with Gasteiger partial charge in [-0.3, -0.25) is 0 Å². The lowest BCUT2D eigenvalue weighted by Gasteiger charge is -2.33. The molecular weight excluding hydrogens is 613 g/mol. The highest BCUT2D eigenvalue weighted by atomic mass is 19.3. The summed E-state index contributed by atoms with van der Waals surface area (Å²) in [5.41, 5.74) is 1.80. The highest BCUT2D eigenvalue weighted by molar-refractivity contribution is 5.70. The molecule has 0 N–H and O–H groups in total. The van der Waals surface area contributed by atoms with Crippen LogP contribution in [0.15, 0.2) is 48.5 Å². The summed E-state index contributed by atoms with van der Waals surface area (Å²) in [4.78, 5) is 0. The first-order valence-corrected chi connectivity index (χ1v) is 15.8. The molecule has 0 unspecified atom stereocenters. The van der Waals surface area contributed by atoms with Gasteiger partial charge in [-0.05, 0) is 61.3 Å². The molecule has 1 saturated carbocycles. The second kappa shape index (κ2) is 15.0. The molecule has 248 valence electrons. The number of halogens is 7. The Kier molecular flexibility index (Phi) is 11.1. The number of hydrogen-bond acceptors (Lipinski definition) is 3. The number of rotatable bonds is 11. The predicted octanol–water partition coefficient (Wildman–Crippen LogP) is 10.7. The molecule has 0 spiro atoms. The molecule has 2 fully saturated rings. The number of alkyl halides is 2. The zero-order chi connectivity index (χ0) is 32.8. The predicted molar refractivity (Wildman–Crippen MR) is 161 cm³/mol. The third-order valence-electron chi connectivity index (χ3n) is 8.81. The molecule has 3 aromatic rings. The van der Waals surface area contributed by atoms with Crippen molar-refractivity contribution < 1.29 is 44.9 Å². The van der Waals surface area contributed by atoms with Gasteiger partial charge in [-0.25, -0.2) is 22.0 Å². The van der Waals surface area contributed by atoms with Gasteiger partial charge in [0.15, 0.2) is 23.7 Å². The first-order chi connectivity index (χ1) is 22.0. The van der Waals surface area contributed by atoms with Gasteiger partial charge >= 0.3 is 6.11 Å². The second-order valence-electron chi connectivity index (χ2n) is 12.2. The van der Waals surface area contributed by atoms with Crippen LogP contribution in [0.3, 0.4) is 0 Å². The van der Waals surface area contributed by atoms with Gasteiger partial charge < -0.3 is 14.2 Å². The molecule has 1 heterocycles. The minimum Gasteiger partial charge on any atom is -0.432 e. The molecular formula is C36H37F7O3. The van der Waals surface area contributed by atoms with Crippen molar-refractivity contribution in [1.29, 1.82) is 0 Å². The maximum atomic E-state index is 15.1. The van der Waals surface area contributed by atoms with Crippen molar-refractivity contribution >= 4 is 12.2 Å². The molecule has 1 aliphatic carbocycles. The molecule has 2 aliphatic rings. The Labute approximate surface area is 264 Å². The molecule has 0 atom stereocenters. The maximum absolute atomic E-state index is 15.1. The average Bonchev–Trinajstić information content (AvgIpc) is 3.03. The summed E-state index contributed by atoms with van der Waals surface area (Å²) in [6, 6.07) is 10.1. The zero-order valence-electron chi connectivity index (χ0n) is 25.5. The van der Waals surface area contributed by atoms with Gasteiger partial charge in [0.1, 0.15) is 17.4 Å². The van der Waals surface area contributed by atoms with E-state index in [0.717, 1.165) is 19.3 Å². The van der Waals surface area contributed by atoms with Crippen molar-refractivity contribution in [2.24, 2.45) is 11.8 Å². The topological polar surface area (TPSA) is 27.7 Å². The first-order valence-electron chi connectivity index (χ1n) is 15.8. The summed E-state index contributed by atoms with van der Waals surface area (Å²) in [5, 5.41) is 0. The van der Waals surface area contributed by atoms with Crippen LogP contribution in [0.25, 0.3) is 12.2 Å². The molecule has 46 heavy (non-hydrogen) atoms. The summed E-state index contributed by atoms with van der Waals surface area (Å²) in [5.74, 6) is -8.04. The second-order valence-corrected chi connectivity index (χ2v) is 12.2. The lowest BCUT2D eigenvalue weighted by atomic mass is 9.78. The minimum atomic E-state index is -3.75. The number of benzene rings is 3. The van der Waals surface area contributed by atoms with Gasteiger partial charge in [-0.15, -0.1) is 0 Å². The van der Waals surface area contributed by atoms with E-state index in [2.05, 4.69) is 11.7 Å². The lowest BCUT2D eigenvalue weighted by Crippen LogP contribution is -2.37. The molecule has 1 saturated heterocycles. The third kappa shape index (κ3) is 8.31. The summed E-state index contributed by atoms with van der Waals surface area (Å²) in [6.07, 6.45) is 3.73. The molecule has 0 bridgehead atoms. The van der Waals surface area contributed by atoms with Gasteiger partial charge in [0.25, 0.3) is 0 Å². The number of hydrogen-bond donors (Lipinski definition) is 0. The van der Waals surface area contributed by atoms with Crippen LogP contribution in [0.4, 0.5) is 30.7 Å². The molecule has 0 radical (unpaired) electrons. The van der Waals surface area contributed by atoms with Crippen molar-refractivity contribution in [2.45, 2.75) is 76.6 Å². The van der Waals surface area contributed by atoms with E-state index in [0.29, 0.717) is 53.5 Å². The van der Waals surface area contributed by atoms with Crippen molar-refractivity contribution in [1.82, 2.24) is 0 Å². The molecule has 3 aromatic carbocycles. The highest BCUT2D eigenvalue weighted by Crippen LogP contribution is 2.44. The Hall–Kier alpha value is -3.37. The van der Waals surface area contributed by atoms with Crippen LogP contribution in [0.5, 0.6) is 5.75 Å². The Morgan fingerprint density at radius 3 is 2.11 bits per heavy atom. The first kappa shape index (κ1) is 34.0. The summed E-state index contributed by atoms with van der Waals surface area (Å²) in [7, 11) is 0. The van der Waals surface area contributed by atoms with Gasteiger partial charge in [0.05, 0.1) is 19.1 Å². The van der Waals surface area contributed by atoms with Crippen molar-refractivity contribution in [2.75, 3.05) is 13.2 Å². The molecule has 10 heteroatoms. The third-order valence-corrected chi connectivity index (χ3v) is 8.81. The molecule has 0 aromatic heterocycles. The van der Waals surface area contributed by atoms with Crippen LogP contribution in [0.1, 0.15) is 92.8 Å². The van der Waals surface area contributed by atoms with Crippen LogP contribution in [0.2, 0.25) is 0 Å². The monoisotopic (exact) mass is 650 g/mol. The normalized spacial score (nSPS) is 22.3. The van der Waals surface area contributed by atoms with E-state index >= 15 is 4.39 Å². The Bertz CT molecular complexity index is 1490. The van der Waals surface area contributed by atoms with Gasteiger partial charge in [0, 0.05) is 29.2 Å². The van der Waals surface area contributed by atoms with E-state index in [9.17, 15) is 26.3 Å². The van der Waals surface area contributed by atoms with Crippen molar-refractivity contribution in [3.05, 3.63) is 99.9 Å². The largest absolute Gasteiger partial charge is 0.432 e. The van der Waals surface area contributed by atoms with Crippen LogP contribution < -0.4 is 4.74 Å². The average molecular weight is 651 g/mol. The van der Waals surface area contributed by atoms with Crippen LogP contribution in [-0.4, -0.2) is 19.3 Å². The quantitative estimate of drug-likeness (QED) is 0.0895. The molecule has 5 rings (SSSR count). The Morgan fingerprint density at radius 2 is 1.48 bits per heavy atom. The summed E-state index contributed by atoms with van der Waals surface area (Å²) < 4.78 is 116. The van der Waals surface area contributed by atoms with Crippen molar-refractivity contribution in [3.8, 4) is 5.75 Å². The fourth-order valence-corrected chi connectivity index (χ4v) is 6.15. The number of ether oxygens (including phenoxy) is 3. The van der Waals surface area contributed by atoms with Crippen LogP contribution in [0, 0.1) is 40.9 Å². The maximum Gasteiger partial charge on any atom is 0.400 e. The Morgan fingerprint density at radius 1 is 0.783 bits per heavy atom. The minimum absolute atomic E-state index is 0.0172. The molecule has 0 amide bonds. The van der Waals surface area contributed by atoms with Gasteiger partial charge in [-0.1, -0.05) is 62.6 Å². The molecule has 1 aliphatic heterocycles. The van der Waals surface area contributed by atoms with E-state index < -0.39 is 53.2 Å². The fraction of sp³-hybridized carbons (Fsp3) is 0.444. The smallest absolute Gasteiger partial charge is 0.400 e. The Balaban J connectivity index is 1.14. The highest BCUT2D eigenvalue weighted by Gasteiger charge is 2.44. The fourth-order valence-electron chi connectivity index (χ4n) is 6.15. The van der Waals surface area contributed by atoms with Gasteiger partial charge in [0.2, 0.25) is 0 Å². The summed E-state index contributed by atoms with van der Waals surface area (Å²) >= 11 is 0. The van der Waals surface area contributed by atoms with E-state index in [4.69, 9.17) is 9.47 Å².